The van der Waals surface area contributed by atoms with E-state index in [2.05, 4.69) is 11.6 Å². The first kappa shape index (κ1) is 10.6. The Bertz CT molecular complexity index is 251. The molecule has 0 bridgehead atoms. The minimum absolute atomic E-state index is 0.298. The van der Waals surface area contributed by atoms with Gasteiger partial charge < -0.3 is 5.73 Å². The molecule has 0 amide bonds. The van der Waals surface area contributed by atoms with Crippen molar-refractivity contribution in [2.75, 3.05) is 6.54 Å². The van der Waals surface area contributed by atoms with Crippen molar-refractivity contribution < 1.29 is 0 Å². The molecule has 0 aliphatic rings. The quantitative estimate of drug-likeness (QED) is 0.600. The Morgan fingerprint density at radius 3 is 3.00 bits per heavy atom. The first-order valence-corrected chi connectivity index (χ1v) is 6.15. The van der Waals surface area contributed by atoms with Crippen LogP contribution in [0.4, 0.5) is 0 Å². The van der Waals surface area contributed by atoms with E-state index < -0.39 is 0 Å². The van der Waals surface area contributed by atoms with Crippen molar-refractivity contribution in [3.05, 3.63) is 37.1 Å². The third-order valence-corrected chi connectivity index (χ3v) is 4.07. The topological polar surface area (TPSA) is 38.9 Å². The molecule has 1 atom stereocenters. The number of nitrogens with zero attached hydrogens (tertiary/aromatic N) is 1. The highest BCUT2D eigenvalue weighted by Gasteiger charge is 2.03. The molecule has 13 heavy (non-hydrogen) atoms. The Kier molecular flexibility index (Phi) is 4.97. The van der Waals surface area contributed by atoms with Gasteiger partial charge in [-0.3, -0.25) is 0 Å². The van der Waals surface area contributed by atoms with Gasteiger partial charge in [-0.1, -0.05) is 22.9 Å². The van der Waals surface area contributed by atoms with Gasteiger partial charge in [0.2, 0.25) is 0 Å². The number of rotatable bonds is 5. The largest absolute Gasteiger partial charge is 0.329 e. The fourth-order valence-electron chi connectivity index (χ4n) is 0.682. The Hall–Kier alpha value is -0.450. The van der Waals surface area contributed by atoms with Crippen molar-refractivity contribution >= 4 is 21.6 Å². The average Bonchev–Trinajstić information content (AvgIpc) is 2.21. The summed E-state index contributed by atoms with van der Waals surface area (Å²) in [5.41, 5.74) is 5.52. The summed E-state index contributed by atoms with van der Waals surface area (Å²) >= 11 is 0. The molecule has 1 aromatic heterocycles. The summed E-state index contributed by atoms with van der Waals surface area (Å²) in [5, 5.41) is 1.31. The SMILES string of the molecule is C=CC(CN)SSc1ccccn1. The monoisotopic (exact) mass is 212 g/mol. The molecule has 1 rings (SSSR count). The predicted molar refractivity (Wildman–Crippen MR) is 60.7 cm³/mol. The lowest BCUT2D eigenvalue weighted by molar-refractivity contribution is 1.03. The molecule has 1 heterocycles. The molecular weight excluding hydrogens is 200 g/mol. The molecule has 0 aliphatic heterocycles. The van der Waals surface area contributed by atoms with Crippen molar-refractivity contribution in [1.29, 1.82) is 0 Å². The zero-order chi connectivity index (χ0) is 9.52. The van der Waals surface area contributed by atoms with E-state index in [0.717, 1.165) is 5.03 Å². The van der Waals surface area contributed by atoms with Gasteiger partial charge in [-0.05, 0) is 22.9 Å². The fraction of sp³-hybridized carbons (Fsp3) is 0.222. The van der Waals surface area contributed by atoms with Gasteiger partial charge in [-0.2, -0.15) is 0 Å². The highest BCUT2D eigenvalue weighted by molar-refractivity contribution is 8.77. The number of aromatic nitrogens is 1. The van der Waals surface area contributed by atoms with Crippen LogP contribution >= 0.6 is 21.6 Å². The molecule has 4 heteroatoms. The number of hydrogen-bond acceptors (Lipinski definition) is 4. The Morgan fingerprint density at radius 1 is 1.62 bits per heavy atom. The molecule has 0 fully saturated rings. The first-order valence-electron chi connectivity index (χ1n) is 3.94. The summed E-state index contributed by atoms with van der Waals surface area (Å²) in [6.45, 7) is 4.33. The van der Waals surface area contributed by atoms with Gasteiger partial charge in [0.05, 0.1) is 0 Å². The molecule has 70 valence electrons. The lowest BCUT2D eigenvalue weighted by Gasteiger charge is -2.06. The van der Waals surface area contributed by atoms with E-state index >= 15 is 0 Å². The van der Waals surface area contributed by atoms with E-state index in [1.54, 1.807) is 27.8 Å². The van der Waals surface area contributed by atoms with Crippen LogP contribution in [-0.2, 0) is 0 Å². The maximum atomic E-state index is 5.52. The van der Waals surface area contributed by atoms with Gasteiger partial charge in [0.1, 0.15) is 5.03 Å². The summed E-state index contributed by atoms with van der Waals surface area (Å²) in [7, 11) is 3.32. The standard InChI is InChI=1S/C9H12N2S2/c1-2-8(7-10)12-13-9-5-3-4-6-11-9/h2-6,8H,1,7,10H2. The molecule has 1 unspecified atom stereocenters. The van der Waals surface area contributed by atoms with E-state index in [1.807, 2.05) is 24.3 Å². The lowest BCUT2D eigenvalue weighted by atomic mass is 10.4. The average molecular weight is 212 g/mol. The normalized spacial score (nSPS) is 12.4. The Balaban J connectivity index is 2.38. The van der Waals surface area contributed by atoms with Crippen molar-refractivity contribution in [2.45, 2.75) is 10.3 Å². The minimum Gasteiger partial charge on any atom is -0.329 e. The number of nitrogens with two attached hydrogens (primary N) is 1. The van der Waals surface area contributed by atoms with Gasteiger partial charge in [0.25, 0.3) is 0 Å². The molecule has 0 aromatic carbocycles. The van der Waals surface area contributed by atoms with Gasteiger partial charge in [0, 0.05) is 18.0 Å². The van der Waals surface area contributed by atoms with E-state index in [-0.39, 0.29) is 0 Å². The maximum absolute atomic E-state index is 5.52. The second-order valence-electron chi connectivity index (χ2n) is 2.36. The molecule has 0 saturated heterocycles. The van der Waals surface area contributed by atoms with Gasteiger partial charge in [-0.25, -0.2) is 4.98 Å². The number of pyridine rings is 1. The second kappa shape index (κ2) is 6.07. The zero-order valence-corrected chi connectivity index (χ0v) is 8.85. The summed E-state index contributed by atoms with van der Waals surface area (Å²) < 4.78 is 0. The Morgan fingerprint density at radius 2 is 2.46 bits per heavy atom. The van der Waals surface area contributed by atoms with Crippen molar-refractivity contribution in [2.24, 2.45) is 5.73 Å². The summed E-state index contributed by atoms with van der Waals surface area (Å²) in [5.74, 6) is 0. The summed E-state index contributed by atoms with van der Waals surface area (Å²) in [4.78, 5) is 4.19. The second-order valence-corrected chi connectivity index (χ2v) is 4.82. The number of hydrogen-bond donors (Lipinski definition) is 1. The van der Waals surface area contributed by atoms with E-state index in [0.29, 0.717) is 11.8 Å². The molecule has 0 saturated carbocycles. The lowest BCUT2D eigenvalue weighted by Crippen LogP contribution is -2.12. The van der Waals surface area contributed by atoms with Gasteiger partial charge >= 0.3 is 0 Å². The molecule has 1 aromatic rings. The van der Waals surface area contributed by atoms with E-state index in [1.165, 1.54) is 0 Å². The molecule has 0 aliphatic carbocycles. The molecule has 2 N–H and O–H groups in total. The summed E-state index contributed by atoms with van der Waals surface area (Å²) in [6, 6.07) is 5.86. The van der Waals surface area contributed by atoms with Crippen molar-refractivity contribution in [3.8, 4) is 0 Å². The van der Waals surface area contributed by atoms with Crippen LogP contribution in [0.3, 0.4) is 0 Å². The van der Waals surface area contributed by atoms with Gasteiger partial charge in [-0.15, -0.1) is 6.58 Å². The molecule has 0 spiro atoms. The fourth-order valence-corrected chi connectivity index (χ4v) is 2.73. The van der Waals surface area contributed by atoms with Crippen LogP contribution in [0, 0.1) is 0 Å². The van der Waals surface area contributed by atoms with Crippen LogP contribution in [0.5, 0.6) is 0 Å². The molecule has 0 radical (unpaired) electrons. The van der Waals surface area contributed by atoms with Crippen LogP contribution in [-0.4, -0.2) is 16.8 Å². The van der Waals surface area contributed by atoms with Crippen molar-refractivity contribution in [1.82, 2.24) is 4.98 Å². The zero-order valence-electron chi connectivity index (χ0n) is 7.22. The van der Waals surface area contributed by atoms with Crippen LogP contribution in [0.15, 0.2) is 42.1 Å². The smallest absolute Gasteiger partial charge is 0.106 e. The third-order valence-electron chi connectivity index (χ3n) is 1.39. The highest BCUT2D eigenvalue weighted by atomic mass is 33.1. The van der Waals surface area contributed by atoms with Gasteiger partial charge in [0.15, 0.2) is 0 Å². The molecule has 2 nitrogen and oxygen atoms in total. The maximum Gasteiger partial charge on any atom is 0.106 e. The molecular formula is C9H12N2S2. The van der Waals surface area contributed by atoms with Crippen LogP contribution < -0.4 is 5.73 Å². The van der Waals surface area contributed by atoms with E-state index in [4.69, 9.17) is 5.73 Å². The predicted octanol–water partition coefficient (Wildman–Crippen LogP) is 2.34. The van der Waals surface area contributed by atoms with Crippen LogP contribution in [0.25, 0.3) is 0 Å². The summed E-state index contributed by atoms with van der Waals surface area (Å²) in [6.07, 6.45) is 3.65. The minimum atomic E-state index is 0.298. The van der Waals surface area contributed by atoms with Crippen LogP contribution in [0.1, 0.15) is 0 Å². The van der Waals surface area contributed by atoms with E-state index in [9.17, 15) is 0 Å². The highest BCUT2D eigenvalue weighted by Crippen LogP contribution is 2.32. The third kappa shape index (κ3) is 3.85. The van der Waals surface area contributed by atoms with Crippen LogP contribution in [0.2, 0.25) is 0 Å². The first-order chi connectivity index (χ1) is 6.36. The van der Waals surface area contributed by atoms with Crippen molar-refractivity contribution in [3.63, 3.8) is 0 Å². The Labute approximate surface area is 86.4 Å².